The van der Waals surface area contributed by atoms with E-state index in [1.807, 2.05) is 0 Å². The van der Waals surface area contributed by atoms with E-state index in [9.17, 15) is 4.79 Å². The largest absolute Gasteiger partial charge is 0.354 e. The maximum Gasteiger partial charge on any atom is 0.221 e. The summed E-state index contributed by atoms with van der Waals surface area (Å²) in [4.78, 5) is 14.4. The molecule has 2 fully saturated rings. The molecule has 2 aliphatic rings. The average molecular weight is 267 g/mol. The van der Waals surface area contributed by atoms with Gasteiger partial charge in [-0.1, -0.05) is 6.92 Å². The second kappa shape index (κ2) is 6.71. The Hall–Kier alpha value is -0.610. The minimum absolute atomic E-state index is 0.212. The van der Waals surface area contributed by atoms with Gasteiger partial charge < -0.3 is 10.6 Å². The number of carbonyl (C=O) groups excluding carboxylic acids is 1. The van der Waals surface area contributed by atoms with E-state index in [0.717, 1.165) is 13.0 Å². The van der Waals surface area contributed by atoms with Gasteiger partial charge in [0.05, 0.1) is 0 Å². The summed E-state index contributed by atoms with van der Waals surface area (Å²) in [6.07, 6.45) is 6.79. The van der Waals surface area contributed by atoms with Gasteiger partial charge in [0.25, 0.3) is 0 Å². The fourth-order valence-electron chi connectivity index (χ4n) is 3.55. The summed E-state index contributed by atoms with van der Waals surface area (Å²) < 4.78 is 0. The van der Waals surface area contributed by atoms with E-state index >= 15 is 0 Å². The first-order valence-electron chi connectivity index (χ1n) is 7.86. The fraction of sp³-hybridized carbons (Fsp3) is 0.933. The van der Waals surface area contributed by atoms with Crippen LogP contribution in [0.1, 0.15) is 52.4 Å². The predicted molar refractivity (Wildman–Crippen MR) is 78.1 cm³/mol. The van der Waals surface area contributed by atoms with Gasteiger partial charge in [-0.3, -0.25) is 9.69 Å². The molecule has 4 heteroatoms. The third-order valence-electron chi connectivity index (χ3n) is 4.91. The second-order valence-corrected chi connectivity index (χ2v) is 6.21. The van der Waals surface area contributed by atoms with Crippen molar-refractivity contribution in [1.29, 1.82) is 0 Å². The maximum absolute atomic E-state index is 11.9. The molecular weight excluding hydrogens is 238 g/mol. The van der Waals surface area contributed by atoms with Crippen LogP contribution in [0.2, 0.25) is 0 Å². The normalized spacial score (nSPS) is 32.3. The predicted octanol–water partition coefficient (Wildman–Crippen LogP) is 1.51. The highest BCUT2D eigenvalue weighted by Gasteiger charge is 2.39. The van der Waals surface area contributed by atoms with Gasteiger partial charge in [0.15, 0.2) is 0 Å². The van der Waals surface area contributed by atoms with Gasteiger partial charge in [-0.15, -0.1) is 0 Å². The molecule has 2 rings (SSSR count). The lowest BCUT2D eigenvalue weighted by molar-refractivity contribution is -0.122. The topological polar surface area (TPSA) is 44.4 Å². The van der Waals surface area contributed by atoms with Crippen molar-refractivity contribution in [3.63, 3.8) is 0 Å². The van der Waals surface area contributed by atoms with Gasteiger partial charge >= 0.3 is 0 Å². The molecule has 0 saturated carbocycles. The van der Waals surface area contributed by atoms with Crippen LogP contribution in [0.3, 0.4) is 0 Å². The van der Waals surface area contributed by atoms with Crippen LogP contribution in [0.5, 0.6) is 0 Å². The van der Waals surface area contributed by atoms with E-state index in [1.165, 1.54) is 25.7 Å². The Kier molecular flexibility index (Phi) is 5.22. The number of hydrogen-bond donors (Lipinski definition) is 2. The van der Waals surface area contributed by atoms with Crippen LogP contribution < -0.4 is 10.6 Å². The molecule has 0 aromatic rings. The van der Waals surface area contributed by atoms with Gasteiger partial charge in [0.1, 0.15) is 0 Å². The van der Waals surface area contributed by atoms with Crippen molar-refractivity contribution in [1.82, 2.24) is 15.5 Å². The highest BCUT2D eigenvalue weighted by atomic mass is 16.1. The number of fused-ring (bicyclic) bond motifs is 2. The smallest absolute Gasteiger partial charge is 0.221 e. The van der Waals surface area contributed by atoms with Crippen molar-refractivity contribution in [3.8, 4) is 0 Å². The summed E-state index contributed by atoms with van der Waals surface area (Å²) >= 11 is 0. The molecule has 2 bridgehead atoms. The van der Waals surface area contributed by atoms with E-state index in [-0.39, 0.29) is 5.91 Å². The standard InChI is InChI=1S/C15H29N3O/c1-4-11(2)17-15(19)7-8-18-13-5-6-14(18)10-12(9-13)16-3/h11-14,16H,4-10H2,1-3H3,(H,17,19). The minimum atomic E-state index is 0.212. The van der Waals surface area contributed by atoms with Crippen molar-refractivity contribution >= 4 is 5.91 Å². The summed E-state index contributed by atoms with van der Waals surface area (Å²) in [7, 11) is 2.07. The molecule has 110 valence electrons. The van der Waals surface area contributed by atoms with Gasteiger partial charge in [-0.05, 0) is 46.1 Å². The molecule has 0 aromatic heterocycles. The van der Waals surface area contributed by atoms with Crippen LogP contribution in [-0.4, -0.2) is 48.6 Å². The molecule has 0 radical (unpaired) electrons. The molecule has 0 aromatic carbocycles. The van der Waals surface area contributed by atoms with E-state index in [2.05, 4.69) is 36.4 Å². The number of nitrogens with zero attached hydrogens (tertiary/aromatic N) is 1. The maximum atomic E-state index is 11.9. The lowest BCUT2D eigenvalue weighted by atomic mass is 9.97. The van der Waals surface area contributed by atoms with E-state index in [4.69, 9.17) is 0 Å². The SMILES string of the molecule is CCC(C)NC(=O)CCN1C2CCC1CC(NC)C2. The van der Waals surface area contributed by atoms with Crippen molar-refractivity contribution < 1.29 is 4.79 Å². The number of amides is 1. The summed E-state index contributed by atoms with van der Waals surface area (Å²) in [6, 6.07) is 2.39. The number of hydrogen-bond acceptors (Lipinski definition) is 3. The minimum Gasteiger partial charge on any atom is -0.354 e. The van der Waals surface area contributed by atoms with Crippen LogP contribution in [0.4, 0.5) is 0 Å². The Morgan fingerprint density at radius 1 is 1.32 bits per heavy atom. The Morgan fingerprint density at radius 2 is 1.95 bits per heavy atom. The monoisotopic (exact) mass is 267 g/mol. The number of rotatable bonds is 6. The highest BCUT2D eigenvalue weighted by Crippen LogP contribution is 2.35. The number of piperidine rings is 1. The highest BCUT2D eigenvalue weighted by molar-refractivity contribution is 5.76. The van der Waals surface area contributed by atoms with Crippen LogP contribution >= 0.6 is 0 Å². The molecule has 2 N–H and O–H groups in total. The molecule has 19 heavy (non-hydrogen) atoms. The molecule has 0 aliphatic carbocycles. The van der Waals surface area contributed by atoms with Crippen LogP contribution in [0.15, 0.2) is 0 Å². The molecular formula is C15H29N3O. The molecule has 2 aliphatic heterocycles. The van der Waals surface area contributed by atoms with Crippen LogP contribution in [0.25, 0.3) is 0 Å². The number of nitrogens with one attached hydrogen (secondary N) is 2. The zero-order chi connectivity index (χ0) is 13.8. The summed E-state index contributed by atoms with van der Waals surface area (Å²) in [6.45, 7) is 5.11. The Balaban J connectivity index is 1.76. The molecule has 1 amide bonds. The molecule has 3 unspecified atom stereocenters. The summed E-state index contributed by atoms with van der Waals surface area (Å²) in [5.74, 6) is 0.212. The zero-order valence-corrected chi connectivity index (χ0v) is 12.6. The molecule has 3 atom stereocenters. The molecule has 2 saturated heterocycles. The molecule has 0 spiro atoms. The van der Waals surface area contributed by atoms with Gasteiger partial charge in [0.2, 0.25) is 5.91 Å². The van der Waals surface area contributed by atoms with E-state index < -0.39 is 0 Å². The zero-order valence-electron chi connectivity index (χ0n) is 12.6. The van der Waals surface area contributed by atoms with E-state index in [0.29, 0.717) is 30.6 Å². The average Bonchev–Trinajstić information content (AvgIpc) is 2.65. The number of carbonyl (C=O) groups is 1. The van der Waals surface area contributed by atoms with Crippen molar-refractivity contribution in [2.24, 2.45) is 0 Å². The Bertz CT molecular complexity index is 294. The second-order valence-electron chi connectivity index (χ2n) is 6.21. The van der Waals surface area contributed by atoms with Crippen LogP contribution in [-0.2, 0) is 4.79 Å². The third kappa shape index (κ3) is 3.69. The van der Waals surface area contributed by atoms with Gasteiger partial charge in [-0.25, -0.2) is 0 Å². The van der Waals surface area contributed by atoms with E-state index in [1.54, 1.807) is 0 Å². The first-order chi connectivity index (χ1) is 9.13. The fourth-order valence-corrected chi connectivity index (χ4v) is 3.55. The molecule has 2 heterocycles. The van der Waals surface area contributed by atoms with Gasteiger partial charge in [0, 0.05) is 37.1 Å². The van der Waals surface area contributed by atoms with Crippen molar-refractivity contribution in [2.75, 3.05) is 13.6 Å². The third-order valence-corrected chi connectivity index (χ3v) is 4.91. The summed E-state index contributed by atoms with van der Waals surface area (Å²) in [5, 5.41) is 6.48. The Labute approximate surface area is 117 Å². The van der Waals surface area contributed by atoms with Gasteiger partial charge in [-0.2, -0.15) is 0 Å². The quantitative estimate of drug-likeness (QED) is 0.766. The first kappa shape index (κ1) is 14.8. The summed E-state index contributed by atoms with van der Waals surface area (Å²) in [5.41, 5.74) is 0. The molecule has 4 nitrogen and oxygen atoms in total. The first-order valence-corrected chi connectivity index (χ1v) is 7.86. The van der Waals surface area contributed by atoms with Crippen molar-refractivity contribution in [3.05, 3.63) is 0 Å². The lowest BCUT2D eigenvalue weighted by Gasteiger charge is -2.38. The van der Waals surface area contributed by atoms with Crippen LogP contribution in [0, 0.1) is 0 Å². The van der Waals surface area contributed by atoms with Crippen molar-refractivity contribution in [2.45, 2.75) is 76.5 Å². The Morgan fingerprint density at radius 3 is 2.47 bits per heavy atom. The lowest BCUT2D eigenvalue weighted by Crippen LogP contribution is -2.49.